The third-order valence-corrected chi connectivity index (χ3v) is 2.14. The van der Waals surface area contributed by atoms with Crippen molar-refractivity contribution in [2.75, 3.05) is 0 Å². The maximum Gasteiger partial charge on any atom is 0.126 e. The summed E-state index contributed by atoms with van der Waals surface area (Å²) in [6, 6.07) is 3.48. The first-order valence-electron chi connectivity index (χ1n) is 3.68. The van der Waals surface area contributed by atoms with Crippen molar-refractivity contribution >= 4 is 17.4 Å². The Balaban J connectivity index is 2.71. The normalized spacial score (nSPS) is 10.2. The first-order valence-corrected chi connectivity index (χ1v) is 4.56. The molecule has 0 aliphatic heterocycles. The molecule has 0 amide bonds. The van der Waals surface area contributed by atoms with Crippen LogP contribution in [0.5, 0.6) is 0 Å². The van der Waals surface area contributed by atoms with Gasteiger partial charge in [-0.2, -0.15) is 0 Å². The van der Waals surface area contributed by atoms with Gasteiger partial charge in [0.15, 0.2) is 0 Å². The van der Waals surface area contributed by atoms with Gasteiger partial charge in [-0.15, -0.1) is 16.7 Å². The number of aromatic nitrogens is 1. The van der Waals surface area contributed by atoms with Crippen molar-refractivity contribution in [2.24, 2.45) is 5.18 Å². The van der Waals surface area contributed by atoms with Gasteiger partial charge < -0.3 is 0 Å². The highest BCUT2D eigenvalue weighted by atomic mass is 32.2. The van der Waals surface area contributed by atoms with E-state index in [4.69, 9.17) is 0 Å². The predicted molar refractivity (Wildman–Crippen MR) is 50.7 cm³/mol. The number of pyridine rings is 1. The van der Waals surface area contributed by atoms with E-state index in [1.165, 1.54) is 6.20 Å². The summed E-state index contributed by atoms with van der Waals surface area (Å²) in [6.07, 6.45) is 1.48. The molecule has 0 spiro atoms. The van der Waals surface area contributed by atoms with Gasteiger partial charge in [-0.1, -0.05) is 13.8 Å². The molecule has 0 radical (unpaired) electrons. The maximum absolute atomic E-state index is 10.0. The number of nitroso groups, excluding NO2 is 1. The van der Waals surface area contributed by atoms with Crippen LogP contribution in [0.4, 0.5) is 5.69 Å². The molecule has 0 aliphatic carbocycles. The smallest absolute Gasteiger partial charge is 0.126 e. The quantitative estimate of drug-likeness (QED) is 0.533. The highest BCUT2D eigenvalue weighted by Gasteiger charge is 1.99. The molecule has 0 saturated carbocycles. The van der Waals surface area contributed by atoms with Crippen LogP contribution in [0.15, 0.2) is 28.5 Å². The summed E-state index contributed by atoms with van der Waals surface area (Å²) >= 11 is 1.66. The van der Waals surface area contributed by atoms with Crippen molar-refractivity contribution in [1.29, 1.82) is 0 Å². The van der Waals surface area contributed by atoms with Crippen LogP contribution in [0.3, 0.4) is 0 Å². The fourth-order valence-electron chi connectivity index (χ4n) is 0.738. The lowest BCUT2D eigenvalue weighted by molar-refractivity contribution is 1.07. The minimum absolute atomic E-state index is 0.378. The molecule has 12 heavy (non-hydrogen) atoms. The second-order valence-corrected chi connectivity index (χ2v) is 4.21. The predicted octanol–water partition coefficient (Wildman–Crippen LogP) is 2.98. The van der Waals surface area contributed by atoms with Crippen LogP contribution in [0.2, 0.25) is 0 Å². The van der Waals surface area contributed by atoms with Crippen molar-refractivity contribution in [3.8, 4) is 0 Å². The molecule has 3 nitrogen and oxygen atoms in total. The Bertz CT molecular complexity index is 258. The van der Waals surface area contributed by atoms with Crippen molar-refractivity contribution in [3.05, 3.63) is 23.2 Å². The zero-order valence-electron chi connectivity index (χ0n) is 7.02. The Hall–Kier alpha value is -0.900. The van der Waals surface area contributed by atoms with Gasteiger partial charge in [0.1, 0.15) is 5.69 Å². The van der Waals surface area contributed by atoms with Gasteiger partial charge in [-0.3, -0.25) is 0 Å². The molecule has 0 fully saturated rings. The van der Waals surface area contributed by atoms with E-state index in [1.54, 1.807) is 23.9 Å². The van der Waals surface area contributed by atoms with E-state index in [0.29, 0.717) is 10.9 Å². The average molecular weight is 182 g/mol. The second-order valence-electron chi connectivity index (χ2n) is 2.61. The van der Waals surface area contributed by atoms with Gasteiger partial charge in [-0.05, 0) is 17.3 Å². The molecule has 0 aromatic carbocycles. The fraction of sp³-hybridized carbons (Fsp3) is 0.375. The highest BCUT2D eigenvalue weighted by Crippen LogP contribution is 2.21. The van der Waals surface area contributed by atoms with Crippen LogP contribution < -0.4 is 0 Å². The summed E-state index contributed by atoms with van der Waals surface area (Å²) in [5, 5.41) is 4.20. The Morgan fingerprint density at radius 3 is 2.67 bits per heavy atom. The summed E-state index contributed by atoms with van der Waals surface area (Å²) in [4.78, 5) is 14.1. The molecule has 0 N–H and O–H groups in total. The lowest BCUT2D eigenvalue weighted by Gasteiger charge is -2.02. The zero-order valence-corrected chi connectivity index (χ0v) is 7.84. The molecule has 0 aliphatic rings. The molecule has 1 aromatic rings. The SMILES string of the molecule is CC(C)Sc1ccc(N=O)cn1. The minimum atomic E-state index is 0.378. The molecule has 0 unspecified atom stereocenters. The van der Waals surface area contributed by atoms with Crippen LogP contribution in [0, 0.1) is 4.91 Å². The zero-order chi connectivity index (χ0) is 8.97. The van der Waals surface area contributed by atoms with E-state index in [9.17, 15) is 4.91 Å². The standard InChI is InChI=1S/C8H10N2OS/c1-6(2)12-8-4-3-7(10-11)5-9-8/h3-6H,1-2H3. The molecule has 0 atom stereocenters. The Morgan fingerprint density at radius 1 is 1.50 bits per heavy atom. The molecule has 64 valence electrons. The summed E-state index contributed by atoms with van der Waals surface area (Å²) < 4.78 is 0. The van der Waals surface area contributed by atoms with E-state index in [2.05, 4.69) is 24.0 Å². The van der Waals surface area contributed by atoms with Gasteiger partial charge in [0, 0.05) is 5.25 Å². The van der Waals surface area contributed by atoms with E-state index in [1.807, 2.05) is 0 Å². The van der Waals surface area contributed by atoms with Crippen LogP contribution in [-0.2, 0) is 0 Å². The second kappa shape index (κ2) is 4.21. The molecular weight excluding hydrogens is 172 g/mol. The van der Waals surface area contributed by atoms with Crippen LogP contribution >= 0.6 is 11.8 Å². The third-order valence-electron chi connectivity index (χ3n) is 1.18. The molecule has 1 rings (SSSR count). The van der Waals surface area contributed by atoms with Crippen molar-refractivity contribution < 1.29 is 0 Å². The molecule has 0 bridgehead atoms. The first kappa shape index (κ1) is 9.19. The summed E-state index contributed by atoms with van der Waals surface area (Å²) in [5.74, 6) is 0. The molecular formula is C8H10N2OS. The monoisotopic (exact) mass is 182 g/mol. The summed E-state index contributed by atoms with van der Waals surface area (Å²) in [7, 11) is 0. The molecule has 0 saturated heterocycles. The van der Waals surface area contributed by atoms with Crippen LogP contribution in [0.25, 0.3) is 0 Å². The maximum atomic E-state index is 10.0. The van der Waals surface area contributed by atoms with Gasteiger partial charge in [0.2, 0.25) is 0 Å². The Morgan fingerprint density at radius 2 is 2.25 bits per heavy atom. The number of rotatable bonds is 3. The molecule has 1 heterocycles. The third kappa shape index (κ3) is 2.62. The number of hydrogen-bond acceptors (Lipinski definition) is 4. The number of hydrogen-bond donors (Lipinski definition) is 0. The van der Waals surface area contributed by atoms with Crippen molar-refractivity contribution in [1.82, 2.24) is 4.98 Å². The van der Waals surface area contributed by atoms with Crippen LogP contribution in [-0.4, -0.2) is 10.2 Å². The van der Waals surface area contributed by atoms with E-state index in [0.717, 1.165) is 5.03 Å². The first-order chi connectivity index (χ1) is 5.72. The van der Waals surface area contributed by atoms with E-state index < -0.39 is 0 Å². The van der Waals surface area contributed by atoms with Gasteiger partial charge in [-0.25, -0.2) is 4.98 Å². The molecule has 1 aromatic heterocycles. The minimum Gasteiger partial charge on any atom is -0.248 e. The van der Waals surface area contributed by atoms with E-state index in [-0.39, 0.29) is 0 Å². The lowest BCUT2D eigenvalue weighted by atomic mass is 10.4. The Kier molecular flexibility index (Phi) is 3.22. The van der Waals surface area contributed by atoms with E-state index >= 15 is 0 Å². The van der Waals surface area contributed by atoms with Crippen molar-refractivity contribution in [2.45, 2.75) is 24.1 Å². The van der Waals surface area contributed by atoms with Gasteiger partial charge in [0.05, 0.1) is 11.2 Å². The van der Waals surface area contributed by atoms with Gasteiger partial charge in [0.25, 0.3) is 0 Å². The largest absolute Gasteiger partial charge is 0.248 e. The van der Waals surface area contributed by atoms with Crippen LogP contribution in [0.1, 0.15) is 13.8 Å². The number of nitrogens with zero attached hydrogens (tertiary/aromatic N) is 2. The fourth-order valence-corrected chi connectivity index (χ4v) is 1.48. The Labute approximate surface area is 75.6 Å². The summed E-state index contributed by atoms with van der Waals surface area (Å²) in [6.45, 7) is 4.19. The lowest BCUT2D eigenvalue weighted by Crippen LogP contribution is -1.87. The number of thioether (sulfide) groups is 1. The topological polar surface area (TPSA) is 42.3 Å². The summed E-state index contributed by atoms with van der Waals surface area (Å²) in [5.41, 5.74) is 0.378. The van der Waals surface area contributed by atoms with Crippen molar-refractivity contribution in [3.63, 3.8) is 0 Å². The highest BCUT2D eigenvalue weighted by molar-refractivity contribution is 7.99. The molecule has 4 heteroatoms. The average Bonchev–Trinajstić information content (AvgIpc) is 2.05. The van der Waals surface area contributed by atoms with Gasteiger partial charge >= 0.3 is 0 Å².